The number of carbonyl (C=O) groups excluding carboxylic acids is 2. The number of benzene rings is 3. The van der Waals surface area contributed by atoms with Crippen molar-refractivity contribution in [1.82, 2.24) is 0 Å². The van der Waals surface area contributed by atoms with E-state index in [1.807, 2.05) is 60.7 Å². The number of hydrogen-bond acceptors (Lipinski definition) is 3. The summed E-state index contributed by atoms with van der Waals surface area (Å²) in [5.74, 6) is -0.441. The number of amides is 2. The standard InChI is InChI=1S/C22H17NO3/c24-19-13-11-18(12-14-19)23-20(25)15-22(21(23)26,16-7-3-1-4-8-16)17-9-5-2-6-10-17/h1-14,24H,15H2. The molecule has 1 N–H and O–H groups in total. The largest absolute Gasteiger partial charge is 0.508 e. The average Bonchev–Trinajstić information content (AvgIpc) is 2.95. The minimum atomic E-state index is -1.04. The first-order valence-electron chi connectivity index (χ1n) is 8.40. The molecule has 26 heavy (non-hydrogen) atoms. The third-order valence-electron chi connectivity index (χ3n) is 4.88. The summed E-state index contributed by atoms with van der Waals surface area (Å²) < 4.78 is 0. The van der Waals surface area contributed by atoms with Gasteiger partial charge in [-0.1, -0.05) is 60.7 Å². The molecule has 0 atom stereocenters. The topological polar surface area (TPSA) is 57.6 Å². The van der Waals surface area contributed by atoms with Crippen molar-refractivity contribution in [2.75, 3.05) is 4.90 Å². The van der Waals surface area contributed by atoms with Crippen molar-refractivity contribution in [3.05, 3.63) is 96.1 Å². The van der Waals surface area contributed by atoms with Crippen LogP contribution in [0.15, 0.2) is 84.9 Å². The second-order valence-corrected chi connectivity index (χ2v) is 6.36. The van der Waals surface area contributed by atoms with E-state index in [0.29, 0.717) is 5.69 Å². The lowest BCUT2D eigenvalue weighted by molar-refractivity contribution is -0.122. The third-order valence-corrected chi connectivity index (χ3v) is 4.88. The summed E-state index contributed by atoms with van der Waals surface area (Å²) in [5, 5.41) is 9.50. The fourth-order valence-electron chi connectivity index (χ4n) is 3.61. The normalized spacial score (nSPS) is 16.1. The van der Waals surface area contributed by atoms with E-state index in [2.05, 4.69) is 0 Å². The number of carbonyl (C=O) groups is 2. The van der Waals surface area contributed by atoms with Gasteiger partial charge in [-0.2, -0.15) is 0 Å². The van der Waals surface area contributed by atoms with Crippen molar-refractivity contribution in [3.8, 4) is 5.75 Å². The van der Waals surface area contributed by atoms with E-state index in [1.165, 1.54) is 17.0 Å². The molecule has 1 heterocycles. The zero-order valence-corrected chi connectivity index (χ0v) is 14.0. The zero-order valence-electron chi connectivity index (χ0n) is 14.0. The minimum absolute atomic E-state index is 0.0702. The maximum atomic E-state index is 13.6. The molecule has 4 nitrogen and oxygen atoms in total. The van der Waals surface area contributed by atoms with Crippen LogP contribution < -0.4 is 4.90 Å². The lowest BCUT2D eigenvalue weighted by atomic mass is 9.73. The van der Waals surface area contributed by atoms with E-state index >= 15 is 0 Å². The van der Waals surface area contributed by atoms with Crippen molar-refractivity contribution in [2.45, 2.75) is 11.8 Å². The summed E-state index contributed by atoms with van der Waals surface area (Å²) in [7, 11) is 0. The van der Waals surface area contributed by atoms with Gasteiger partial charge in [0.2, 0.25) is 11.8 Å². The summed E-state index contributed by atoms with van der Waals surface area (Å²) in [4.78, 5) is 27.7. The molecule has 0 radical (unpaired) electrons. The molecule has 1 saturated heterocycles. The highest BCUT2D eigenvalue weighted by Crippen LogP contribution is 2.44. The monoisotopic (exact) mass is 343 g/mol. The molecule has 0 saturated carbocycles. The van der Waals surface area contributed by atoms with Gasteiger partial charge >= 0.3 is 0 Å². The van der Waals surface area contributed by atoms with Crippen LogP contribution in [0.4, 0.5) is 5.69 Å². The van der Waals surface area contributed by atoms with Gasteiger partial charge in [-0.25, -0.2) is 4.90 Å². The number of aromatic hydroxyl groups is 1. The van der Waals surface area contributed by atoms with Crippen molar-refractivity contribution in [2.24, 2.45) is 0 Å². The van der Waals surface area contributed by atoms with Gasteiger partial charge in [0.25, 0.3) is 0 Å². The molecule has 0 spiro atoms. The predicted molar refractivity (Wildman–Crippen MR) is 98.9 cm³/mol. The Morgan fingerprint density at radius 3 is 1.73 bits per heavy atom. The second kappa shape index (κ2) is 6.15. The summed E-state index contributed by atoms with van der Waals surface area (Å²) in [6.07, 6.45) is 0.0702. The Kier molecular flexibility index (Phi) is 3.81. The van der Waals surface area contributed by atoms with Gasteiger partial charge in [-0.15, -0.1) is 0 Å². The van der Waals surface area contributed by atoms with Gasteiger partial charge in [0.05, 0.1) is 12.1 Å². The van der Waals surface area contributed by atoms with Crippen LogP contribution in [0.3, 0.4) is 0 Å². The maximum absolute atomic E-state index is 13.6. The number of phenolic OH excluding ortho intramolecular Hbond substituents is 1. The van der Waals surface area contributed by atoms with Crippen molar-refractivity contribution < 1.29 is 14.7 Å². The molecule has 4 rings (SSSR count). The van der Waals surface area contributed by atoms with Crippen LogP contribution >= 0.6 is 0 Å². The Labute approximate surface area is 151 Å². The second-order valence-electron chi connectivity index (χ2n) is 6.36. The number of nitrogens with zero attached hydrogens (tertiary/aromatic N) is 1. The number of rotatable bonds is 3. The Hall–Kier alpha value is -3.40. The van der Waals surface area contributed by atoms with Crippen LogP contribution in [0.5, 0.6) is 5.75 Å². The van der Waals surface area contributed by atoms with Gasteiger partial charge in [0, 0.05) is 0 Å². The molecule has 128 valence electrons. The van der Waals surface area contributed by atoms with Crippen LogP contribution in [0.1, 0.15) is 17.5 Å². The van der Waals surface area contributed by atoms with Crippen LogP contribution in [-0.4, -0.2) is 16.9 Å². The maximum Gasteiger partial charge on any atom is 0.249 e. The Morgan fingerprint density at radius 1 is 0.731 bits per heavy atom. The van der Waals surface area contributed by atoms with Gasteiger partial charge < -0.3 is 5.11 Å². The molecule has 1 aliphatic rings. The van der Waals surface area contributed by atoms with Crippen LogP contribution in [0.25, 0.3) is 0 Å². The zero-order chi connectivity index (χ0) is 18.1. The van der Waals surface area contributed by atoms with Gasteiger partial charge in [-0.3, -0.25) is 9.59 Å². The molecule has 0 aliphatic carbocycles. The highest BCUT2D eigenvalue weighted by molar-refractivity contribution is 6.26. The van der Waals surface area contributed by atoms with E-state index in [4.69, 9.17) is 0 Å². The first kappa shape index (κ1) is 16.1. The van der Waals surface area contributed by atoms with Crippen LogP contribution in [0, 0.1) is 0 Å². The molecular formula is C22H17NO3. The smallest absolute Gasteiger partial charge is 0.249 e. The van der Waals surface area contributed by atoms with E-state index in [0.717, 1.165) is 11.1 Å². The number of anilines is 1. The van der Waals surface area contributed by atoms with E-state index in [9.17, 15) is 14.7 Å². The number of hydrogen-bond donors (Lipinski definition) is 1. The van der Waals surface area contributed by atoms with Gasteiger partial charge in [0.15, 0.2) is 0 Å². The van der Waals surface area contributed by atoms with E-state index in [1.54, 1.807) is 12.1 Å². The lowest BCUT2D eigenvalue weighted by Gasteiger charge is -2.28. The molecule has 3 aromatic carbocycles. The first-order valence-corrected chi connectivity index (χ1v) is 8.40. The molecule has 0 aromatic heterocycles. The Bertz CT molecular complexity index is 910. The fraction of sp³-hybridized carbons (Fsp3) is 0.0909. The Morgan fingerprint density at radius 2 is 1.23 bits per heavy atom. The summed E-state index contributed by atoms with van der Waals surface area (Å²) in [6, 6.07) is 24.9. The summed E-state index contributed by atoms with van der Waals surface area (Å²) >= 11 is 0. The number of phenols is 1. The van der Waals surface area contributed by atoms with Crippen molar-refractivity contribution in [3.63, 3.8) is 0 Å². The van der Waals surface area contributed by atoms with E-state index < -0.39 is 5.41 Å². The third kappa shape index (κ3) is 2.39. The Balaban J connectivity index is 1.89. The average molecular weight is 343 g/mol. The lowest BCUT2D eigenvalue weighted by Crippen LogP contribution is -2.39. The quantitative estimate of drug-likeness (QED) is 0.739. The van der Waals surface area contributed by atoms with Crippen LogP contribution in [0.2, 0.25) is 0 Å². The van der Waals surface area contributed by atoms with Crippen molar-refractivity contribution in [1.29, 1.82) is 0 Å². The minimum Gasteiger partial charge on any atom is -0.508 e. The first-order chi connectivity index (χ1) is 12.6. The van der Waals surface area contributed by atoms with E-state index in [-0.39, 0.29) is 24.0 Å². The fourth-order valence-corrected chi connectivity index (χ4v) is 3.61. The van der Waals surface area contributed by atoms with Crippen LogP contribution in [-0.2, 0) is 15.0 Å². The molecule has 2 amide bonds. The SMILES string of the molecule is O=C1CC(c2ccccc2)(c2ccccc2)C(=O)N1c1ccc(O)cc1. The van der Waals surface area contributed by atoms with Gasteiger partial charge in [-0.05, 0) is 35.4 Å². The highest BCUT2D eigenvalue weighted by atomic mass is 16.3. The predicted octanol–water partition coefficient (Wildman–Crippen LogP) is 3.64. The molecule has 4 heteroatoms. The van der Waals surface area contributed by atoms with Gasteiger partial charge in [0.1, 0.15) is 11.2 Å². The molecule has 1 fully saturated rings. The summed E-state index contributed by atoms with van der Waals surface area (Å²) in [5.41, 5.74) is 1.01. The van der Waals surface area contributed by atoms with Crippen molar-refractivity contribution >= 4 is 17.5 Å². The molecule has 0 bridgehead atoms. The highest BCUT2D eigenvalue weighted by Gasteiger charge is 2.54. The molecule has 0 unspecified atom stereocenters. The summed E-state index contributed by atoms with van der Waals surface area (Å²) in [6.45, 7) is 0. The molecule has 3 aromatic rings. The number of imide groups is 1. The molecule has 1 aliphatic heterocycles. The molecular weight excluding hydrogens is 326 g/mol.